The number of aryl methyl sites for hydroxylation is 1. The molecule has 0 saturated carbocycles. The van der Waals surface area contributed by atoms with Crippen LogP contribution in [0.2, 0.25) is 0 Å². The number of carbonyl (C=O) groups excluding carboxylic acids is 1. The predicted octanol–water partition coefficient (Wildman–Crippen LogP) is 2.25. The van der Waals surface area contributed by atoms with E-state index in [0.717, 1.165) is 18.4 Å². The van der Waals surface area contributed by atoms with Gasteiger partial charge >= 0.3 is 0 Å². The summed E-state index contributed by atoms with van der Waals surface area (Å²) in [5.41, 5.74) is 1.24. The van der Waals surface area contributed by atoms with Crippen molar-refractivity contribution in [2.75, 3.05) is 39.4 Å². The highest BCUT2D eigenvalue weighted by molar-refractivity contribution is 7.89. The van der Waals surface area contributed by atoms with Gasteiger partial charge in [0.25, 0.3) is 5.91 Å². The van der Waals surface area contributed by atoms with Gasteiger partial charge in [0.15, 0.2) is 6.29 Å². The standard InChI is InChI=1S/C20H30N2O5S/c1-4-22(5-2)28(24,25)17-7-6-15(3)18(14-17)19(23)21-10-8-16(9-11-21)20-26-12-13-27-20/h6-7,14,16,20H,4-5,8-13H2,1-3H3. The largest absolute Gasteiger partial charge is 0.350 e. The third-order valence-corrected chi connectivity index (χ3v) is 7.69. The van der Waals surface area contributed by atoms with Gasteiger partial charge in [-0.05, 0) is 37.5 Å². The number of hydrogen-bond donors (Lipinski definition) is 0. The molecule has 0 bridgehead atoms. The number of rotatable bonds is 6. The summed E-state index contributed by atoms with van der Waals surface area (Å²) in [4.78, 5) is 15.1. The smallest absolute Gasteiger partial charge is 0.254 e. The zero-order valence-electron chi connectivity index (χ0n) is 16.9. The molecule has 3 rings (SSSR count). The molecule has 28 heavy (non-hydrogen) atoms. The van der Waals surface area contributed by atoms with Crippen LogP contribution in [0.15, 0.2) is 23.1 Å². The van der Waals surface area contributed by atoms with Crippen molar-refractivity contribution >= 4 is 15.9 Å². The van der Waals surface area contributed by atoms with Crippen LogP contribution in [0, 0.1) is 12.8 Å². The molecule has 0 atom stereocenters. The van der Waals surface area contributed by atoms with Gasteiger partial charge in [0.2, 0.25) is 10.0 Å². The zero-order chi connectivity index (χ0) is 20.3. The molecule has 2 fully saturated rings. The maximum atomic E-state index is 13.1. The first-order chi connectivity index (χ1) is 13.4. The van der Waals surface area contributed by atoms with E-state index in [1.807, 2.05) is 25.7 Å². The van der Waals surface area contributed by atoms with Crippen LogP contribution in [-0.4, -0.2) is 69.2 Å². The summed E-state index contributed by atoms with van der Waals surface area (Å²) in [6, 6.07) is 4.83. The highest BCUT2D eigenvalue weighted by Gasteiger charge is 2.32. The van der Waals surface area contributed by atoms with Crippen molar-refractivity contribution in [2.24, 2.45) is 5.92 Å². The molecule has 0 aromatic heterocycles. The number of carbonyl (C=O) groups is 1. The minimum absolute atomic E-state index is 0.110. The van der Waals surface area contributed by atoms with Crippen molar-refractivity contribution in [2.45, 2.75) is 44.8 Å². The monoisotopic (exact) mass is 410 g/mol. The Bertz CT molecular complexity index is 793. The van der Waals surface area contributed by atoms with Crippen molar-refractivity contribution < 1.29 is 22.7 Å². The van der Waals surface area contributed by atoms with E-state index in [1.54, 1.807) is 12.1 Å². The molecule has 0 N–H and O–H groups in total. The molecule has 2 saturated heterocycles. The van der Waals surface area contributed by atoms with Gasteiger partial charge in [-0.25, -0.2) is 8.42 Å². The number of benzene rings is 1. The van der Waals surface area contributed by atoms with Gasteiger partial charge in [0.1, 0.15) is 0 Å². The van der Waals surface area contributed by atoms with Gasteiger partial charge in [-0.1, -0.05) is 19.9 Å². The van der Waals surface area contributed by atoms with Gasteiger partial charge < -0.3 is 14.4 Å². The van der Waals surface area contributed by atoms with Crippen LogP contribution in [0.5, 0.6) is 0 Å². The fourth-order valence-corrected chi connectivity index (χ4v) is 5.38. The normalized spacial score (nSPS) is 19.5. The van der Waals surface area contributed by atoms with E-state index in [2.05, 4.69) is 0 Å². The fourth-order valence-electron chi connectivity index (χ4n) is 3.90. The Balaban J connectivity index is 1.75. The lowest BCUT2D eigenvalue weighted by Crippen LogP contribution is -2.41. The van der Waals surface area contributed by atoms with E-state index >= 15 is 0 Å². The summed E-state index contributed by atoms with van der Waals surface area (Å²) < 4.78 is 38.2. The van der Waals surface area contributed by atoms with Crippen LogP contribution in [0.25, 0.3) is 0 Å². The van der Waals surface area contributed by atoms with E-state index < -0.39 is 10.0 Å². The fraction of sp³-hybridized carbons (Fsp3) is 0.650. The Labute approximate surface area is 167 Å². The Morgan fingerprint density at radius 2 is 1.75 bits per heavy atom. The SMILES string of the molecule is CCN(CC)S(=O)(=O)c1ccc(C)c(C(=O)N2CCC(C3OCCO3)CC2)c1. The second-order valence-corrected chi connectivity index (χ2v) is 9.24. The zero-order valence-corrected chi connectivity index (χ0v) is 17.7. The number of ether oxygens (including phenoxy) is 2. The van der Waals surface area contributed by atoms with Gasteiger partial charge in [0, 0.05) is 37.7 Å². The van der Waals surface area contributed by atoms with Crippen molar-refractivity contribution in [1.82, 2.24) is 9.21 Å². The van der Waals surface area contributed by atoms with Gasteiger partial charge in [0.05, 0.1) is 18.1 Å². The summed E-state index contributed by atoms with van der Waals surface area (Å²) in [5, 5.41) is 0. The van der Waals surface area contributed by atoms with E-state index in [-0.39, 0.29) is 17.1 Å². The number of piperidine rings is 1. The molecular formula is C20H30N2O5S. The summed E-state index contributed by atoms with van der Waals surface area (Å²) in [6.45, 7) is 8.77. The van der Waals surface area contributed by atoms with Gasteiger partial charge in [-0.2, -0.15) is 4.31 Å². The molecule has 2 aliphatic rings. The van der Waals surface area contributed by atoms with E-state index in [0.29, 0.717) is 50.9 Å². The topological polar surface area (TPSA) is 76.2 Å². The molecule has 0 radical (unpaired) electrons. The van der Waals surface area contributed by atoms with E-state index in [9.17, 15) is 13.2 Å². The van der Waals surface area contributed by atoms with E-state index in [1.165, 1.54) is 10.4 Å². The Hall–Kier alpha value is -1.48. The van der Waals surface area contributed by atoms with Crippen molar-refractivity contribution in [3.05, 3.63) is 29.3 Å². The van der Waals surface area contributed by atoms with Crippen molar-refractivity contribution in [3.63, 3.8) is 0 Å². The Morgan fingerprint density at radius 1 is 1.14 bits per heavy atom. The second kappa shape index (κ2) is 8.90. The molecule has 0 aliphatic carbocycles. The maximum Gasteiger partial charge on any atom is 0.254 e. The predicted molar refractivity (Wildman–Crippen MR) is 106 cm³/mol. The number of nitrogens with zero attached hydrogens (tertiary/aromatic N) is 2. The summed E-state index contributed by atoms with van der Waals surface area (Å²) in [5.74, 6) is 0.197. The average Bonchev–Trinajstić information content (AvgIpc) is 3.23. The average molecular weight is 411 g/mol. The minimum atomic E-state index is -3.60. The van der Waals surface area contributed by atoms with Crippen LogP contribution in [-0.2, 0) is 19.5 Å². The molecule has 0 unspecified atom stereocenters. The number of sulfonamides is 1. The van der Waals surface area contributed by atoms with Crippen molar-refractivity contribution in [1.29, 1.82) is 0 Å². The Kier molecular flexibility index (Phi) is 6.75. The second-order valence-electron chi connectivity index (χ2n) is 7.31. The first-order valence-corrected chi connectivity index (χ1v) is 11.5. The van der Waals surface area contributed by atoms with Crippen molar-refractivity contribution in [3.8, 4) is 0 Å². The number of likely N-dealkylation sites (tertiary alicyclic amines) is 1. The molecule has 1 amide bonds. The molecule has 1 aromatic rings. The summed E-state index contributed by atoms with van der Waals surface area (Å²) >= 11 is 0. The third kappa shape index (κ3) is 4.25. The number of amides is 1. The lowest BCUT2D eigenvalue weighted by atomic mass is 9.95. The van der Waals surface area contributed by atoms with Crippen LogP contribution in [0.4, 0.5) is 0 Å². The summed E-state index contributed by atoms with van der Waals surface area (Å²) in [7, 11) is -3.60. The van der Waals surface area contributed by atoms with Crippen LogP contribution in [0.3, 0.4) is 0 Å². The van der Waals surface area contributed by atoms with Crippen LogP contribution < -0.4 is 0 Å². The third-order valence-electron chi connectivity index (χ3n) is 5.64. The molecule has 7 nitrogen and oxygen atoms in total. The van der Waals surface area contributed by atoms with Gasteiger partial charge in [-0.3, -0.25) is 4.79 Å². The molecule has 8 heteroatoms. The maximum absolute atomic E-state index is 13.1. The highest BCUT2D eigenvalue weighted by Crippen LogP contribution is 2.27. The van der Waals surface area contributed by atoms with Crippen LogP contribution >= 0.6 is 0 Å². The van der Waals surface area contributed by atoms with Gasteiger partial charge in [-0.15, -0.1) is 0 Å². The lowest BCUT2D eigenvalue weighted by molar-refractivity contribution is -0.0956. The molecule has 0 spiro atoms. The summed E-state index contributed by atoms with van der Waals surface area (Å²) in [6.07, 6.45) is 1.50. The van der Waals surface area contributed by atoms with E-state index in [4.69, 9.17) is 9.47 Å². The number of hydrogen-bond acceptors (Lipinski definition) is 5. The molecule has 156 valence electrons. The quantitative estimate of drug-likeness (QED) is 0.719. The highest BCUT2D eigenvalue weighted by atomic mass is 32.2. The molecule has 2 aliphatic heterocycles. The first-order valence-electron chi connectivity index (χ1n) is 10.0. The molecule has 2 heterocycles. The Morgan fingerprint density at radius 3 is 2.32 bits per heavy atom. The minimum Gasteiger partial charge on any atom is -0.350 e. The molecular weight excluding hydrogens is 380 g/mol. The first kappa shape index (κ1) is 21.2. The van der Waals surface area contributed by atoms with Crippen LogP contribution in [0.1, 0.15) is 42.6 Å². The molecule has 1 aromatic carbocycles. The lowest BCUT2D eigenvalue weighted by Gasteiger charge is -2.34.